The number of nitrogens with zero attached hydrogens (tertiary/aromatic N) is 2. The summed E-state index contributed by atoms with van der Waals surface area (Å²) >= 11 is 3.26. The van der Waals surface area contributed by atoms with Gasteiger partial charge in [-0.2, -0.15) is 22.7 Å². The molecule has 0 saturated carbocycles. The Morgan fingerprint density at radius 1 is 1.20 bits per heavy atom. The first-order chi connectivity index (χ1) is 21.0. The Morgan fingerprint density at radius 3 is 2.68 bits per heavy atom. The van der Waals surface area contributed by atoms with E-state index in [0.29, 0.717) is 32.5 Å². The molecule has 0 bridgehead atoms. The highest BCUT2D eigenvalue weighted by Crippen LogP contribution is 2.43. The van der Waals surface area contributed by atoms with Crippen LogP contribution in [0, 0.1) is 0 Å². The Labute approximate surface area is 267 Å². The molecule has 1 aliphatic carbocycles. The van der Waals surface area contributed by atoms with Gasteiger partial charge < -0.3 is 19.3 Å². The van der Waals surface area contributed by atoms with Crippen LogP contribution < -0.4 is 10.0 Å². The van der Waals surface area contributed by atoms with Crippen molar-refractivity contribution in [2.24, 2.45) is 0 Å². The second kappa shape index (κ2) is 15.4. The molecule has 1 aromatic carbocycles. The number of hydrogen-bond acceptors (Lipinski definition) is 12. The molecule has 2 unspecified atom stereocenters. The van der Waals surface area contributed by atoms with E-state index in [2.05, 4.69) is 40.1 Å². The number of allylic oxidation sites excluding steroid dienone is 3. The molecule has 1 fully saturated rings. The highest BCUT2D eigenvalue weighted by Gasteiger charge is 2.37. The van der Waals surface area contributed by atoms with Crippen LogP contribution in [0.1, 0.15) is 43.7 Å². The van der Waals surface area contributed by atoms with Crippen molar-refractivity contribution in [3.63, 3.8) is 0 Å². The van der Waals surface area contributed by atoms with Crippen molar-refractivity contribution < 1.29 is 40.1 Å². The van der Waals surface area contributed by atoms with Crippen molar-refractivity contribution in [1.29, 1.82) is 0 Å². The van der Waals surface area contributed by atoms with Gasteiger partial charge in [0.25, 0.3) is 15.1 Å². The molecule has 0 radical (unpaired) electrons. The highest BCUT2D eigenvalue weighted by molar-refractivity contribution is 8.04. The third-order valence-corrected chi connectivity index (χ3v) is 11.5. The number of thiazole rings is 1. The maximum absolute atomic E-state index is 12.3. The van der Waals surface area contributed by atoms with Crippen molar-refractivity contribution in [2.45, 2.75) is 57.6 Å². The number of fused-ring (bicyclic) bond motifs is 2. The minimum atomic E-state index is -4.33. The van der Waals surface area contributed by atoms with Crippen LogP contribution in [0.25, 0.3) is 16.3 Å². The summed E-state index contributed by atoms with van der Waals surface area (Å²) in [6, 6.07) is 5.72. The molecule has 1 saturated heterocycles. The lowest BCUT2D eigenvalue weighted by Gasteiger charge is -2.28. The van der Waals surface area contributed by atoms with Crippen LogP contribution in [0.15, 0.2) is 58.9 Å². The van der Waals surface area contributed by atoms with E-state index < -0.39 is 26.0 Å². The SMILES string of the molecule is CCNOS(=O)(=O)CCC[n+]1c(C=C(C=C2SC3C=CC(OC)=CC3N2CCCS(=O)(=O)[O-])CC)sc2ccc(CO)cc21. The average Bonchev–Trinajstić information content (AvgIpc) is 3.50. The summed E-state index contributed by atoms with van der Waals surface area (Å²) in [6.07, 6.45) is 11.5. The minimum Gasteiger partial charge on any atom is -0.748 e. The molecule has 1 aromatic heterocycles. The molecule has 242 valence electrons. The Balaban J connectivity index is 1.68. The molecule has 2 N–H and O–H groups in total. The van der Waals surface area contributed by atoms with E-state index in [9.17, 15) is 26.5 Å². The first-order valence-corrected chi connectivity index (χ1v) is 19.2. The van der Waals surface area contributed by atoms with Gasteiger partial charge in [-0.3, -0.25) is 0 Å². The Bertz CT molecular complexity index is 1660. The maximum Gasteiger partial charge on any atom is 0.283 e. The van der Waals surface area contributed by atoms with Crippen LogP contribution in [0.5, 0.6) is 0 Å². The fourth-order valence-electron chi connectivity index (χ4n) is 5.01. The zero-order valence-corrected chi connectivity index (χ0v) is 28.2. The summed E-state index contributed by atoms with van der Waals surface area (Å²) in [5.41, 5.74) is 5.10. The van der Waals surface area contributed by atoms with E-state index in [1.807, 2.05) is 30.4 Å². The minimum absolute atomic E-state index is 0.0452. The molecule has 0 spiro atoms. The van der Waals surface area contributed by atoms with Gasteiger partial charge in [-0.1, -0.05) is 49.1 Å². The summed E-state index contributed by atoms with van der Waals surface area (Å²) < 4.78 is 71.8. The molecule has 2 aromatic rings. The van der Waals surface area contributed by atoms with Gasteiger partial charge in [0, 0.05) is 37.4 Å². The number of benzene rings is 1. The number of hydroxylamine groups is 1. The largest absolute Gasteiger partial charge is 0.748 e. The standard InChI is InChI=1S/C29H39N3O8S4/c1-4-21(18-29-32(12-6-14-43(34,35)36)25-19-23(39-3)9-11-27(25)42-29)17-28-31(13-7-15-44(37,38)40-30-5-2)24-16-22(20-33)8-10-26(24)41-28/h8-11,16-19,25,27,30,33H,4-7,12-15,20H2,1-3H3. The van der Waals surface area contributed by atoms with Gasteiger partial charge >= 0.3 is 0 Å². The van der Waals surface area contributed by atoms with Crippen molar-refractivity contribution in [3.8, 4) is 0 Å². The third kappa shape index (κ3) is 9.16. The topological polar surface area (TPSA) is 149 Å². The van der Waals surface area contributed by atoms with Crippen LogP contribution in [0.2, 0.25) is 0 Å². The molecule has 2 heterocycles. The van der Waals surface area contributed by atoms with E-state index in [1.54, 1.807) is 37.1 Å². The van der Waals surface area contributed by atoms with E-state index in [0.717, 1.165) is 37.1 Å². The molecule has 15 heteroatoms. The third-order valence-electron chi connectivity index (χ3n) is 7.16. The van der Waals surface area contributed by atoms with Gasteiger partial charge in [-0.25, -0.2) is 8.42 Å². The predicted octanol–water partition coefficient (Wildman–Crippen LogP) is 3.40. The molecule has 4 rings (SSSR count). The quantitative estimate of drug-likeness (QED) is 0.152. The van der Waals surface area contributed by atoms with Crippen molar-refractivity contribution in [1.82, 2.24) is 10.4 Å². The van der Waals surface area contributed by atoms with Gasteiger partial charge in [0.2, 0.25) is 5.52 Å². The zero-order chi connectivity index (χ0) is 31.9. The first kappa shape index (κ1) is 34.6. The van der Waals surface area contributed by atoms with Gasteiger partial charge in [-0.15, -0.1) is 0 Å². The van der Waals surface area contributed by atoms with Gasteiger partial charge in [0.1, 0.15) is 10.5 Å². The number of methoxy groups -OCH3 is 1. The second-order valence-corrected chi connectivity index (χ2v) is 15.8. The van der Waals surface area contributed by atoms with E-state index >= 15 is 0 Å². The van der Waals surface area contributed by atoms with Crippen LogP contribution >= 0.6 is 23.1 Å². The van der Waals surface area contributed by atoms with Crippen LogP contribution in [-0.4, -0.2) is 74.4 Å². The van der Waals surface area contributed by atoms with Crippen molar-refractivity contribution in [2.75, 3.05) is 31.7 Å². The highest BCUT2D eigenvalue weighted by atomic mass is 32.2. The Kier molecular flexibility index (Phi) is 12.1. The molecule has 0 amide bonds. The number of rotatable bonds is 16. The van der Waals surface area contributed by atoms with Crippen molar-refractivity contribution in [3.05, 3.63) is 69.4 Å². The number of thioether (sulfide) groups is 1. The lowest BCUT2D eigenvalue weighted by atomic mass is 10.1. The normalized spacial score (nSPS) is 20.0. The summed E-state index contributed by atoms with van der Waals surface area (Å²) in [5, 5.41) is 11.8. The van der Waals surface area contributed by atoms with Gasteiger partial charge in [-0.05, 0) is 48.3 Å². The number of aromatic nitrogens is 1. The fraction of sp³-hybridized carbons (Fsp3) is 0.483. The molecular weight excluding hydrogens is 647 g/mol. The van der Waals surface area contributed by atoms with E-state index in [1.165, 1.54) is 0 Å². The first-order valence-electron chi connectivity index (χ1n) is 14.4. The van der Waals surface area contributed by atoms with E-state index in [-0.39, 0.29) is 30.1 Å². The smallest absolute Gasteiger partial charge is 0.283 e. The van der Waals surface area contributed by atoms with Crippen LogP contribution in [0.3, 0.4) is 0 Å². The number of aliphatic hydroxyl groups excluding tert-OH is 1. The van der Waals surface area contributed by atoms with Crippen molar-refractivity contribution >= 4 is 59.6 Å². The Morgan fingerprint density at radius 2 is 2.00 bits per heavy atom. The second-order valence-electron chi connectivity index (χ2n) is 10.3. The monoisotopic (exact) mass is 685 g/mol. The van der Waals surface area contributed by atoms with Crippen LogP contribution in [-0.2, 0) is 42.4 Å². The molecule has 44 heavy (non-hydrogen) atoms. The summed E-state index contributed by atoms with van der Waals surface area (Å²) in [6.45, 7) is 4.89. The van der Waals surface area contributed by atoms with Gasteiger partial charge in [0.15, 0.2) is 6.54 Å². The average molecular weight is 686 g/mol. The molecule has 11 nitrogen and oxygen atoms in total. The lowest BCUT2D eigenvalue weighted by Crippen LogP contribution is -2.36. The molecule has 1 aliphatic heterocycles. The summed E-state index contributed by atoms with van der Waals surface area (Å²) in [7, 11) is -6.45. The molecule has 2 atom stereocenters. The zero-order valence-electron chi connectivity index (χ0n) is 25.0. The number of aliphatic hydroxyl groups is 1. The summed E-state index contributed by atoms with van der Waals surface area (Å²) in [4.78, 5) is 2.13. The number of aryl methyl sites for hydroxylation is 1. The Hall–Kier alpha value is -2.24. The number of nitrogens with one attached hydrogen (secondary N) is 1. The van der Waals surface area contributed by atoms with Gasteiger partial charge in [0.05, 0.1) is 45.9 Å². The predicted molar refractivity (Wildman–Crippen MR) is 173 cm³/mol. The molecule has 2 aliphatic rings. The number of ether oxygens (including phenoxy) is 1. The molecular formula is C29H39N3O8S4. The lowest BCUT2D eigenvalue weighted by molar-refractivity contribution is -0.668. The van der Waals surface area contributed by atoms with Crippen LogP contribution in [0.4, 0.5) is 0 Å². The fourth-order valence-corrected chi connectivity index (χ4v) is 8.87. The number of hydrogen-bond donors (Lipinski definition) is 2. The van der Waals surface area contributed by atoms with E-state index in [4.69, 9.17) is 9.02 Å². The maximum atomic E-state index is 12.3. The summed E-state index contributed by atoms with van der Waals surface area (Å²) in [5.74, 6) is 0.140.